The Balaban J connectivity index is 1.59. The second kappa shape index (κ2) is 8.76. The molecule has 1 fully saturated rings. The lowest BCUT2D eigenvalue weighted by Gasteiger charge is -2.35. The molecule has 0 aromatic carbocycles. The summed E-state index contributed by atoms with van der Waals surface area (Å²) in [6.07, 6.45) is 1.58. The van der Waals surface area contributed by atoms with Crippen molar-refractivity contribution in [3.05, 3.63) is 45.8 Å². The highest BCUT2D eigenvalue weighted by molar-refractivity contribution is 7.95. The molecule has 0 saturated carbocycles. The molecule has 1 atom stereocenters. The van der Waals surface area contributed by atoms with E-state index in [1.807, 2.05) is 13.8 Å². The minimum atomic E-state index is -3.80. The zero-order valence-electron chi connectivity index (χ0n) is 19.0. The Labute approximate surface area is 191 Å². The molecule has 176 valence electrons. The van der Waals surface area contributed by atoms with Crippen LogP contribution in [0.25, 0.3) is 11.2 Å². The van der Waals surface area contributed by atoms with Gasteiger partial charge < -0.3 is 14.0 Å². The van der Waals surface area contributed by atoms with Crippen LogP contribution in [-0.2, 0) is 21.2 Å². The second-order valence-corrected chi connectivity index (χ2v) is 10.3. The van der Waals surface area contributed by atoms with Crippen molar-refractivity contribution < 1.29 is 18.1 Å². The summed E-state index contributed by atoms with van der Waals surface area (Å²) in [5, 5.41) is 3.73. The smallest absolute Gasteiger partial charge is 0.283 e. The van der Waals surface area contributed by atoms with Crippen molar-refractivity contribution in [2.75, 3.05) is 26.2 Å². The predicted octanol–water partition coefficient (Wildman–Crippen LogP) is 1.41. The van der Waals surface area contributed by atoms with Crippen molar-refractivity contribution in [3.8, 4) is 0 Å². The molecular formula is C21H26N6O5S. The van der Waals surface area contributed by atoms with Gasteiger partial charge >= 0.3 is 0 Å². The van der Waals surface area contributed by atoms with Crippen LogP contribution in [0.15, 0.2) is 32.5 Å². The molecule has 1 saturated heterocycles. The van der Waals surface area contributed by atoms with Crippen molar-refractivity contribution in [3.63, 3.8) is 0 Å². The van der Waals surface area contributed by atoms with E-state index >= 15 is 0 Å². The summed E-state index contributed by atoms with van der Waals surface area (Å²) < 4.78 is 33.9. The second-order valence-electron chi connectivity index (χ2n) is 8.47. The van der Waals surface area contributed by atoms with Crippen LogP contribution in [0.2, 0.25) is 0 Å². The van der Waals surface area contributed by atoms with Crippen LogP contribution in [0.1, 0.15) is 35.8 Å². The molecule has 0 N–H and O–H groups in total. The topological polar surface area (TPSA) is 137 Å². The maximum absolute atomic E-state index is 13.2. The molecule has 0 radical (unpaired) electrons. The van der Waals surface area contributed by atoms with Crippen LogP contribution >= 0.6 is 0 Å². The van der Waals surface area contributed by atoms with E-state index in [1.165, 1.54) is 13.8 Å². The van der Waals surface area contributed by atoms with Gasteiger partial charge in [-0.3, -0.25) is 14.2 Å². The fraction of sp³-hybridized carbons (Fsp3) is 0.476. The maximum Gasteiger partial charge on any atom is 0.283 e. The Morgan fingerprint density at radius 2 is 1.94 bits per heavy atom. The normalized spacial score (nSPS) is 17.0. The average Bonchev–Trinajstić information content (AvgIpc) is 3.13. The van der Waals surface area contributed by atoms with Gasteiger partial charge in [-0.15, -0.1) is 4.31 Å². The molecule has 0 bridgehead atoms. The summed E-state index contributed by atoms with van der Waals surface area (Å²) in [5.74, 6) is -0.125. The van der Waals surface area contributed by atoms with Crippen LogP contribution in [0.5, 0.6) is 0 Å². The molecule has 3 aromatic heterocycles. The first-order chi connectivity index (χ1) is 15.6. The Bertz CT molecular complexity index is 1290. The van der Waals surface area contributed by atoms with Gasteiger partial charge in [-0.05, 0) is 25.0 Å². The van der Waals surface area contributed by atoms with Gasteiger partial charge in [0, 0.05) is 32.8 Å². The summed E-state index contributed by atoms with van der Waals surface area (Å²) in [6, 6.07) is 3.41. The number of carbonyl (C=O) groups is 1. The van der Waals surface area contributed by atoms with E-state index in [9.17, 15) is 18.4 Å². The number of aromatic nitrogens is 4. The number of piperazine rings is 1. The van der Waals surface area contributed by atoms with Crippen molar-refractivity contribution in [1.29, 1.82) is 0 Å². The summed E-state index contributed by atoms with van der Waals surface area (Å²) in [7, 11) is -3.80. The van der Waals surface area contributed by atoms with Gasteiger partial charge in [0.15, 0.2) is 27.5 Å². The van der Waals surface area contributed by atoms with Gasteiger partial charge in [0.25, 0.3) is 11.5 Å². The van der Waals surface area contributed by atoms with E-state index in [2.05, 4.69) is 15.1 Å². The highest BCUT2D eigenvalue weighted by atomic mass is 32.3. The summed E-state index contributed by atoms with van der Waals surface area (Å²) >= 11 is 0. The Morgan fingerprint density at radius 3 is 2.55 bits per heavy atom. The van der Waals surface area contributed by atoms with Gasteiger partial charge in [-0.25, -0.2) is 9.97 Å². The van der Waals surface area contributed by atoms with Gasteiger partial charge in [0.2, 0.25) is 4.90 Å². The lowest BCUT2D eigenvalue weighted by Crippen LogP contribution is -2.53. The number of aryl methyl sites for hydroxylation is 2. The molecule has 3 aromatic rings. The molecule has 11 nitrogen and oxygen atoms in total. The molecule has 1 aliphatic rings. The first-order valence-corrected chi connectivity index (χ1v) is 12.1. The van der Waals surface area contributed by atoms with Crippen LogP contribution < -0.4 is 5.56 Å². The number of rotatable bonds is 5. The zero-order valence-corrected chi connectivity index (χ0v) is 19.8. The van der Waals surface area contributed by atoms with Gasteiger partial charge in [-0.1, -0.05) is 23.2 Å². The van der Waals surface area contributed by atoms with Crippen LogP contribution in [0.4, 0.5) is 0 Å². The molecule has 0 spiro atoms. The Kier molecular flexibility index (Phi) is 6.16. The van der Waals surface area contributed by atoms with Crippen molar-refractivity contribution in [1.82, 2.24) is 28.9 Å². The standard InChI is InChI=1S/C21H26N6O5S/c1-13(2)12-27-19-16(6-5-7-22-19)23-17(21(27)29)20(28)25-8-10-26(11-9-25)33(30,31)18-14(3)24-32-15(18)4/h5-7,13H,8-12H2,1-4H3. The molecule has 12 heteroatoms. The molecular weight excluding hydrogens is 448 g/mol. The third-order valence-corrected chi connectivity index (χ3v) is 7.69. The quantitative estimate of drug-likeness (QED) is 0.506. The average molecular weight is 475 g/mol. The number of pyridine rings is 1. The predicted molar refractivity (Wildman–Crippen MR) is 119 cm³/mol. The fourth-order valence-electron chi connectivity index (χ4n) is 4.00. The lowest BCUT2D eigenvalue weighted by molar-refractivity contribution is 0.0684. The number of hydrogen-bond acceptors (Lipinski definition) is 8. The van der Waals surface area contributed by atoms with Crippen LogP contribution in [0, 0.1) is 19.8 Å². The summed E-state index contributed by atoms with van der Waals surface area (Å²) in [5.41, 5.74) is 0.512. The van der Waals surface area contributed by atoms with Crippen molar-refractivity contribution >= 4 is 27.5 Å². The minimum Gasteiger partial charge on any atom is -0.593 e. The molecule has 4 rings (SSSR count). The van der Waals surface area contributed by atoms with E-state index in [0.717, 1.165) is 0 Å². The molecule has 1 unspecified atom stereocenters. The number of hydrogen-bond donors (Lipinski definition) is 0. The van der Waals surface area contributed by atoms with Crippen molar-refractivity contribution in [2.24, 2.45) is 5.92 Å². The molecule has 1 amide bonds. The first kappa shape index (κ1) is 23.2. The van der Waals surface area contributed by atoms with E-state index in [1.54, 1.807) is 32.2 Å². The zero-order chi connectivity index (χ0) is 23.9. The maximum atomic E-state index is 13.2. The van der Waals surface area contributed by atoms with Gasteiger partial charge in [-0.2, -0.15) is 0 Å². The first-order valence-electron chi connectivity index (χ1n) is 10.7. The summed E-state index contributed by atoms with van der Waals surface area (Å²) in [6.45, 7) is 7.93. The number of amides is 1. The van der Waals surface area contributed by atoms with E-state index < -0.39 is 21.9 Å². The van der Waals surface area contributed by atoms with Gasteiger partial charge in [0.1, 0.15) is 11.2 Å². The lowest BCUT2D eigenvalue weighted by atomic mass is 10.2. The number of carbonyl (C=O) groups excluding carboxylic acids is 1. The fourth-order valence-corrected chi connectivity index (χ4v) is 5.72. The molecule has 33 heavy (non-hydrogen) atoms. The highest BCUT2D eigenvalue weighted by Crippen LogP contribution is 2.28. The molecule has 0 aliphatic carbocycles. The number of fused-ring (bicyclic) bond motifs is 1. The van der Waals surface area contributed by atoms with E-state index in [-0.39, 0.29) is 48.4 Å². The van der Waals surface area contributed by atoms with Crippen LogP contribution in [-0.4, -0.2) is 65.5 Å². The largest absolute Gasteiger partial charge is 0.593 e. The third kappa shape index (κ3) is 4.21. The van der Waals surface area contributed by atoms with Crippen molar-refractivity contribution in [2.45, 2.75) is 39.1 Å². The van der Waals surface area contributed by atoms with Gasteiger partial charge in [0.05, 0.1) is 13.1 Å². The number of nitrogens with zero attached hydrogens (tertiary/aromatic N) is 6. The third-order valence-electron chi connectivity index (χ3n) is 5.54. The highest BCUT2D eigenvalue weighted by Gasteiger charge is 2.39. The monoisotopic (exact) mass is 474 g/mol. The summed E-state index contributed by atoms with van der Waals surface area (Å²) in [4.78, 5) is 36.5. The SMILES string of the molecule is Cc1noc(C)c1[S+](=O)([O-])N1CCN(C(=O)c2nc3cccnc3n(CC(C)C)c2=O)CC1. The Hall–Kier alpha value is -2.96. The Morgan fingerprint density at radius 1 is 1.24 bits per heavy atom. The number of sulfonamides is 1. The van der Waals surface area contributed by atoms with E-state index in [0.29, 0.717) is 23.4 Å². The van der Waals surface area contributed by atoms with Crippen LogP contribution in [0.3, 0.4) is 0 Å². The molecule has 4 heterocycles. The van der Waals surface area contributed by atoms with E-state index in [4.69, 9.17) is 4.52 Å². The minimum absolute atomic E-state index is 0.0579. The molecule has 1 aliphatic heterocycles.